The molecule has 7 heteroatoms. The number of aliphatic hydroxyl groups excluding tert-OH is 1. The van der Waals surface area contributed by atoms with E-state index in [0.717, 1.165) is 51.4 Å². The maximum absolute atomic E-state index is 12.4. The average Bonchev–Trinajstić information content (AvgIpc) is 2.96. The van der Waals surface area contributed by atoms with E-state index in [1.807, 2.05) is 0 Å². The van der Waals surface area contributed by atoms with Crippen LogP contribution < -0.4 is 5.32 Å². The third kappa shape index (κ3) is 32.3. The quantitative estimate of drug-likeness (QED) is 0.0381. The molecule has 256 valence electrons. The van der Waals surface area contributed by atoms with Crippen LogP contribution in [-0.4, -0.2) is 41.9 Å². The summed E-state index contributed by atoms with van der Waals surface area (Å²) >= 11 is 0. The molecule has 0 heterocycles. The summed E-state index contributed by atoms with van der Waals surface area (Å²) in [6.07, 6.45) is 35.8. The van der Waals surface area contributed by atoms with Crippen LogP contribution in [0.15, 0.2) is 12.2 Å². The molecular formula is C36H71NO5S. The van der Waals surface area contributed by atoms with Crippen LogP contribution in [0.25, 0.3) is 0 Å². The van der Waals surface area contributed by atoms with Crippen molar-refractivity contribution in [2.24, 2.45) is 0 Å². The Kier molecular flexibility index (Phi) is 30.4. The lowest BCUT2D eigenvalue weighted by molar-refractivity contribution is -0.122. The number of amides is 1. The van der Waals surface area contributed by atoms with Gasteiger partial charge in [-0.25, -0.2) is 0 Å². The third-order valence-corrected chi connectivity index (χ3v) is 9.25. The van der Waals surface area contributed by atoms with Gasteiger partial charge in [0.2, 0.25) is 5.91 Å². The average molecular weight is 630 g/mol. The van der Waals surface area contributed by atoms with Crippen molar-refractivity contribution in [1.82, 2.24) is 5.32 Å². The highest BCUT2D eigenvalue weighted by atomic mass is 32.2. The second kappa shape index (κ2) is 31.1. The number of rotatable bonds is 33. The summed E-state index contributed by atoms with van der Waals surface area (Å²) in [5, 5.41) is 13.3. The van der Waals surface area contributed by atoms with Crippen LogP contribution in [-0.2, 0) is 14.9 Å². The molecule has 0 rings (SSSR count). The lowest BCUT2D eigenvalue weighted by Crippen LogP contribution is -2.47. The predicted molar refractivity (Wildman–Crippen MR) is 184 cm³/mol. The van der Waals surface area contributed by atoms with Crippen LogP contribution in [0.5, 0.6) is 0 Å². The summed E-state index contributed by atoms with van der Waals surface area (Å²) < 4.78 is 32.4. The largest absolute Gasteiger partial charge is 0.391 e. The molecule has 0 aromatic carbocycles. The van der Waals surface area contributed by atoms with Crippen molar-refractivity contribution in [1.29, 1.82) is 0 Å². The van der Waals surface area contributed by atoms with Gasteiger partial charge in [-0.3, -0.25) is 9.35 Å². The first kappa shape index (κ1) is 42.1. The lowest BCUT2D eigenvalue weighted by Gasteiger charge is -2.23. The monoisotopic (exact) mass is 630 g/mol. The number of nitrogens with one attached hydrogen (secondary N) is 1. The molecule has 43 heavy (non-hydrogen) atoms. The summed E-state index contributed by atoms with van der Waals surface area (Å²) in [5.74, 6) is -0.903. The van der Waals surface area contributed by atoms with Gasteiger partial charge in [0.05, 0.1) is 17.9 Å². The summed E-state index contributed by atoms with van der Waals surface area (Å²) in [5.41, 5.74) is 0. The predicted octanol–water partition coefficient (Wildman–Crippen LogP) is 10.2. The van der Waals surface area contributed by atoms with Gasteiger partial charge in [-0.1, -0.05) is 161 Å². The fraction of sp³-hybridized carbons (Fsp3) is 0.917. The Morgan fingerprint density at radius 3 is 1.44 bits per heavy atom. The molecule has 0 saturated heterocycles. The topological polar surface area (TPSA) is 104 Å². The highest BCUT2D eigenvalue weighted by molar-refractivity contribution is 7.85. The number of hydrogen-bond acceptors (Lipinski definition) is 4. The molecule has 0 aromatic rings. The van der Waals surface area contributed by atoms with E-state index in [4.69, 9.17) is 0 Å². The second-order valence-electron chi connectivity index (χ2n) is 12.9. The molecule has 2 unspecified atom stereocenters. The van der Waals surface area contributed by atoms with E-state index in [-0.39, 0.29) is 5.91 Å². The molecule has 2 atom stereocenters. The van der Waals surface area contributed by atoms with Crippen molar-refractivity contribution in [3.8, 4) is 0 Å². The molecule has 1 amide bonds. The van der Waals surface area contributed by atoms with Crippen LogP contribution >= 0.6 is 0 Å². The number of hydrogen-bond donors (Lipinski definition) is 3. The summed E-state index contributed by atoms with van der Waals surface area (Å²) in [6, 6.07) is -0.969. The summed E-state index contributed by atoms with van der Waals surface area (Å²) in [4.78, 5) is 12.4. The Hall–Kier alpha value is -0.920. The van der Waals surface area contributed by atoms with Gasteiger partial charge in [-0.2, -0.15) is 8.42 Å². The lowest BCUT2D eigenvalue weighted by atomic mass is 10.0. The zero-order chi connectivity index (χ0) is 31.9. The standard InChI is InChI=1S/C36H71NO5S/c1-3-5-7-9-11-13-15-17-18-19-20-21-23-25-27-29-31-35(38)34(33-43(40,41)42)37-36(39)32-30-28-26-24-22-16-14-12-10-8-6-4-2/h12,14,34-35,38H,3-11,13,15-33H2,1-2H3,(H,37,39)(H,40,41,42)/b14-12-. The SMILES string of the molecule is CCCCC/C=C\CCCCCCCC(=O)NC(CS(=O)(=O)O)C(O)CCCCCCCCCCCCCCCCCC. The van der Waals surface area contributed by atoms with E-state index in [2.05, 4.69) is 31.3 Å². The van der Waals surface area contributed by atoms with Gasteiger partial charge in [0.1, 0.15) is 0 Å². The summed E-state index contributed by atoms with van der Waals surface area (Å²) in [6.45, 7) is 4.48. The van der Waals surface area contributed by atoms with E-state index < -0.39 is 28.0 Å². The van der Waals surface area contributed by atoms with Crippen molar-refractivity contribution in [2.75, 3.05) is 5.75 Å². The molecule has 0 saturated carbocycles. The molecule has 0 aliphatic rings. The molecule has 0 aliphatic carbocycles. The molecule has 3 N–H and O–H groups in total. The Labute approximate surface area is 267 Å². The maximum Gasteiger partial charge on any atom is 0.266 e. The highest BCUT2D eigenvalue weighted by Crippen LogP contribution is 2.16. The van der Waals surface area contributed by atoms with Crippen molar-refractivity contribution in [3.63, 3.8) is 0 Å². The molecule has 0 bridgehead atoms. The second-order valence-corrected chi connectivity index (χ2v) is 14.4. The van der Waals surface area contributed by atoms with Crippen LogP contribution in [0.3, 0.4) is 0 Å². The van der Waals surface area contributed by atoms with E-state index in [1.54, 1.807) is 0 Å². The minimum absolute atomic E-state index is 0.255. The first-order valence-corrected chi connectivity index (χ1v) is 20.0. The van der Waals surface area contributed by atoms with Gasteiger partial charge < -0.3 is 10.4 Å². The number of carbonyl (C=O) groups is 1. The highest BCUT2D eigenvalue weighted by Gasteiger charge is 2.26. The molecule has 0 aliphatic heterocycles. The van der Waals surface area contributed by atoms with E-state index in [9.17, 15) is 22.9 Å². The van der Waals surface area contributed by atoms with Gasteiger partial charge in [0.15, 0.2) is 0 Å². The summed E-state index contributed by atoms with van der Waals surface area (Å²) in [7, 11) is -4.30. The number of unbranched alkanes of at least 4 members (excludes halogenated alkanes) is 23. The molecule has 6 nitrogen and oxygen atoms in total. The Morgan fingerprint density at radius 1 is 0.605 bits per heavy atom. The smallest absolute Gasteiger partial charge is 0.266 e. The normalized spacial score (nSPS) is 13.5. The van der Waals surface area contributed by atoms with Gasteiger partial charge >= 0.3 is 0 Å². The van der Waals surface area contributed by atoms with E-state index in [0.29, 0.717) is 12.8 Å². The number of carbonyl (C=O) groups excluding carboxylic acids is 1. The van der Waals surface area contributed by atoms with E-state index in [1.165, 1.54) is 116 Å². The fourth-order valence-corrected chi connectivity index (χ4v) is 6.44. The number of aliphatic hydroxyl groups is 1. The van der Waals surface area contributed by atoms with Crippen LogP contribution in [0.4, 0.5) is 0 Å². The van der Waals surface area contributed by atoms with Crippen molar-refractivity contribution in [3.05, 3.63) is 12.2 Å². The van der Waals surface area contributed by atoms with Crippen LogP contribution in [0.2, 0.25) is 0 Å². The first-order chi connectivity index (χ1) is 20.8. The van der Waals surface area contributed by atoms with Gasteiger partial charge in [-0.15, -0.1) is 0 Å². The Balaban J connectivity index is 3.91. The molecular weight excluding hydrogens is 558 g/mol. The minimum Gasteiger partial charge on any atom is -0.391 e. The van der Waals surface area contributed by atoms with Gasteiger partial charge in [0, 0.05) is 6.42 Å². The third-order valence-electron chi connectivity index (χ3n) is 8.47. The fourth-order valence-electron chi connectivity index (χ4n) is 5.68. The van der Waals surface area contributed by atoms with Crippen molar-refractivity contribution in [2.45, 2.75) is 206 Å². The molecule has 0 aromatic heterocycles. The molecule has 0 radical (unpaired) electrons. The van der Waals surface area contributed by atoms with Crippen LogP contribution in [0, 0.1) is 0 Å². The first-order valence-electron chi connectivity index (χ1n) is 18.4. The van der Waals surface area contributed by atoms with Crippen LogP contribution in [0.1, 0.15) is 194 Å². The Morgan fingerprint density at radius 2 is 0.977 bits per heavy atom. The molecule has 0 fully saturated rings. The Bertz CT molecular complexity index is 740. The zero-order valence-corrected chi connectivity index (χ0v) is 29.2. The maximum atomic E-state index is 12.4. The van der Waals surface area contributed by atoms with E-state index >= 15 is 0 Å². The van der Waals surface area contributed by atoms with Gasteiger partial charge in [-0.05, 0) is 38.5 Å². The zero-order valence-electron chi connectivity index (χ0n) is 28.3. The van der Waals surface area contributed by atoms with Gasteiger partial charge in [0.25, 0.3) is 10.1 Å². The minimum atomic E-state index is -4.30. The van der Waals surface area contributed by atoms with Crippen molar-refractivity contribution < 1.29 is 22.9 Å². The van der Waals surface area contributed by atoms with Crippen molar-refractivity contribution >= 4 is 16.0 Å². The number of allylic oxidation sites excluding steroid dienone is 2. The molecule has 0 spiro atoms.